The maximum Gasteiger partial charge on any atom is 0.431 e. The normalized spacial score (nSPS) is 12.4. The second-order valence-corrected chi connectivity index (χ2v) is 11.8. The number of aliphatic hydroxyl groups is 2. The van der Waals surface area contributed by atoms with Crippen LogP contribution in [0.25, 0.3) is 0 Å². The minimum absolute atomic E-state index is 0.202. The molecule has 4 rings (SSSR count). The number of amides is 2. The van der Waals surface area contributed by atoms with Crippen molar-refractivity contribution < 1.29 is 29.2 Å². The molecule has 0 aliphatic carbocycles. The quantitative estimate of drug-likeness (QED) is 0.0974. The van der Waals surface area contributed by atoms with Crippen LogP contribution < -0.4 is 30.3 Å². The molecular formula is C32H39N8O5S+. The van der Waals surface area contributed by atoms with Gasteiger partial charge >= 0.3 is 5.13 Å². The third-order valence-corrected chi connectivity index (χ3v) is 7.59. The highest BCUT2D eigenvalue weighted by Gasteiger charge is 2.23. The lowest BCUT2D eigenvalue weighted by Gasteiger charge is -2.23. The molecule has 0 saturated carbocycles. The first kappa shape index (κ1) is 34.0. The van der Waals surface area contributed by atoms with Crippen LogP contribution in [0.4, 0.5) is 38.7 Å². The number of hydrogen-bond acceptors (Lipinski definition) is 11. The van der Waals surface area contributed by atoms with Crippen LogP contribution in [0, 0.1) is 6.92 Å². The van der Waals surface area contributed by atoms with Crippen LogP contribution in [0.2, 0.25) is 0 Å². The van der Waals surface area contributed by atoms with Gasteiger partial charge in [-0.25, -0.2) is 0 Å². The van der Waals surface area contributed by atoms with E-state index in [-0.39, 0.29) is 24.9 Å². The van der Waals surface area contributed by atoms with Crippen molar-refractivity contribution in [3.05, 3.63) is 71.8 Å². The van der Waals surface area contributed by atoms with E-state index in [2.05, 4.69) is 31.3 Å². The smallest absolute Gasteiger partial charge is 0.431 e. The third kappa shape index (κ3) is 9.30. The number of carbonyl (C=O) groups is 2. The molecule has 242 valence electrons. The van der Waals surface area contributed by atoms with Gasteiger partial charge in [0, 0.05) is 43.0 Å². The van der Waals surface area contributed by atoms with Crippen LogP contribution in [-0.4, -0.2) is 59.5 Å². The minimum Gasteiger partial charge on any atom is -0.494 e. The van der Waals surface area contributed by atoms with E-state index in [1.807, 2.05) is 31.2 Å². The Hall–Kier alpha value is -4.92. The minimum atomic E-state index is -0.624. The van der Waals surface area contributed by atoms with E-state index < -0.39 is 12.2 Å². The highest BCUT2D eigenvalue weighted by atomic mass is 32.1. The largest absolute Gasteiger partial charge is 0.494 e. The predicted octanol–water partition coefficient (Wildman–Crippen LogP) is 5.22. The Bertz CT molecular complexity index is 1680. The third-order valence-electron chi connectivity index (χ3n) is 6.54. The van der Waals surface area contributed by atoms with Gasteiger partial charge in [0.1, 0.15) is 18.5 Å². The number of rotatable bonds is 13. The molecule has 2 atom stereocenters. The number of aryl methyl sites for hydroxylation is 2. The van der Waals surface area contributed by atoms with E-state index in [1.54, 1.807) is 66.9 Å². The number of carbonyl (C=O) groups excluding carboxylic acids is 2. The maximum atomic E-state index is 12.6. The molecule has 0 fully saturated rings. The monoisotopic (exact) mass is 647 g/mol. The van der Waals surface area contributed by atoms with Crippen LogP contribution in [-0.2, 0) is 11.8 Å². The van der Waals surface area contributed by atoms with Crippen molar-refractivity contribution in [3.63, 3.8) is 0 Å². The number of nitrogens with one attached hydrogen (secondary N) is 3. The molecule has 0 bridgehead atoms. The van der Waals surface area contributed by atoms with Crippen molar-refractivity contribution in [2.75, 3.05) is 41.0 Å². The van der Waals surface area contributed by atoms with Gasteiger partial charge in [-0.15, -0.1) is 4.68 Å². The number of azo groups is 1. The molecule has 0 aliphatic heterocycles. The second-order valence-electron chi connectivity index (χ2n) is 10.9. The van der Waals surface area contributed by atoms with E-state index in [0.717, 1.165) is 11.3 Å². The Morgan fingerprint density at radius 2 is 1.59 bits per heavy atom. The van der Waals surface area contributed by atoms with Gasteiger partial charge in [-0.05, 0) is 79.7 Å². The van der Waals surface area contributed by atoms with Crippen LogP contribution in [0.5, 0.6) is 5.75 Å². The number of nitrogens with zero attached hydrogens (tertiary/aromatic N) is 5. The Balaban J connectivity index is 1.55. The number of aliphatic hydroxyl groups excluding tert-OH is 2. The van der Waals surface area contributed by atoms with Gasteiger partial charge in [0.25, 0.3) is 5.91 Å². The first-order chi connectivity index (χ1) is 21.9. The molecule has 14 heteroatoms. The van der Waals surface area contributed by atoms with Crippen LogP contribution >= 0.6 is 11.3 Å². The summed E-state index contributed by atoms with van der Waals surface area (Å²) in [5.41, 5.74) is 4.33. The Kier molecular flexibility index (Phi) is 11.4. The number of methoxy groups -OCH3 is 1. The standard InChI is InChI=1S/C32H38N8O5S/c1-19-7-9-23(10-8-19)30(44)35-25-13-11-24(12-14-25)34-28-15-26(33-22(4)43)27(16-29(28)45-6)36-37-31-39(5)38-32(46-31)40(17-20(2)41)18-21(3)42/h7-16,20-21,41-42H,17-18H2,1-6H3,(H2,33,34,35,36,43,44)/p+1. The fraction of sp³-hybridized carbons (Fsp3) is 0.312. The van der Waals surface area contributed by atoms with Gasteiger partial charge in [-0.3, -0.25) is 9.59 Å². The van der Waals surface area contributed by atoms with Crippen LogP contribution in [0.3, 0.4) is 0 Å². The van der Waals surface area contributed by atoms with Gasteiger partial charge in [0.2, 0.25) is 11.0 Å². The van der Waals surface area contributed by atoms with Crippen LogP contribution in [0.1, 0.15) is 36.7 Å². The highest BCUT2D eigenvalue weighted by molar-refractivity contribution is 7.18. The number of aromatic nitrogens is 2. The molecule has 0 spiro atoms. The zero-order chi connectivity index (χ0) is 33.4. The van der Waals surface area contributed by atoms with E-state index in [1.165, 1.54) is 25.4 Å². The summed E-state index contributed by atoms with van der Waals surface area (Å²) in [6.07, 6.45) is -1.25. The lowest BCUT2D eigenvalue weighted by molar-refractivity contribution is -0.712. The summed E-state index contributed by atoms with van der Waals surface area (Å²) in [4.78, 5) is 26.5. The van der Waals surface area contributed by atoms with Crippen LogP contribution in [0.15, 0.2) is 70.9 Å². The molecule has 5 N–H and O–H groups in total. The van der Waals surface area contributed by atoms with E-state index in [9.17, 15) is 19.8 Å². The van der Waals surface area contributed by atoms with E-state index in [4.69, 9.17) is 4.74 Å². The van der Waals surface area contributed by atoms with E-state index in [0.29, 0.717) is 44.3 Å². The lowest BCUT2D eigenvalue weighted by atomic mass is 10.1. The summed E-state index contributed by atoms with van der Waals surface area (Å²) in [6.45, 7) is 7.28. The van der Waals surface area contributed by atoms with Crippen molar-refractivity contribution >= 4 is 61.9 Å². The van der Waals surface area contributed by atoms with Gasteiger partial charge in [0.15, 0.2) is 0 Å². The van der Waals surface area contributed by atoms with Gasteiger partial charge in [0.05, 0.1) is 35.8 Å². The summed E-state index contributed by atoms with van der Waals surface area (Å²) in [5, 5.41) is 43.1. The predicted molar refractivity (Wildman–Crippen MR) is 179 cm³/mol. The number of ether oxygens (including phenoxy) is 1. The van der Waals surface area contributed by atoms with E-state index >= 15 is 0 Å². The van der Waals surface area contributed by atoms with Crippen molar-refractivity contribution in [1.29, 1.82) is 0 Å². The topological polar surface area (TPSA) is 165 Å². The summed E-state index contributed by atoms with van der Waals surface area (Å²) in [6, 6.07) is 17.9. The first-order valence-corrected chi connectivity index (χ1v) is 15.4. The van der Waals surface area contributed by atoms with Crippen molar-refractivity contribution in [2.45, 2.75) is 39.9 Å². The summed E-state index contributed by atoms with van der Waals surface area (Å²) in [5.74, 6) is -0.0416. The highest BCUT2D eigenvalue weighted by Crippen LogP contribution is 2.39. The van der Waals surface area contributed by atoms with Crippen molar-refractivity contribution in [3.8, 4) is 5.75 Å². The summed E-state index contributed by atoms with van der Waals surface area (Å²) in [7, 11) is 3.25. The molecule has 1 heterocycles. The molecule has 1 aromatic heterocycles. The number of hydrogen-bond donors (Lipinski definition) is 5. The molecule has 0 saturated heterocycles. The van der Waals surface area contributed by atoms with Crippen molar-refractivity contribution in [1.82, 2.24) is 5.10 Å². The molecule has 2 unspecified atom stereocenters. The molecule has 13 nitrogen and oxygen atoms in total. The number of benzene rings is 3. The Morgan fingerprint density at radius 3 is 2.17 bits per heavy atom. The fourth-order valence-corrected chi connectivity index (χ4v) is 5.29. The fourth-order valence-electron chi connectivity index (χ4n) is 4.43. The van der Waals surface area contributed by atoms with Gasteiger partial charge < -0.3 is 35.8 Å². The SMILES string of the molecule is COc1cc(N=Nc2sc(N(CC(C)O)CC(C)O)n[n+]2C)c(NC(C)=O)cc1Nc1ccc(NC(=O)c2ccc(C)cc2)cc1. The molecule has 4 aromatic rings. The summed E-state index contributed by atoms with van der Waals surface area (Å²) < 4.78 is 7.19. The average Bonchev–Trinajstić information content (AvgIpc) is 3.37. The van der Waals surface area contributed by atoms with Gasteiger partial charge in [-0.2, -0.15) is 0 Å². The molecule has 3 aromatic carbocycles. The lowest BCUT2D eigenvalue weighted by Crippen LogP contribution is -2.38. The Labute approximate surface area is 271 Å². The molecule has 2 amide bonds. The molecule has 0 radical (unpaired) electrons. The van der Waals surface area contributed by atoms with Gasteiger partial charge in [-0.1, -0.05) is 22.8 Å². The zero-order valence-electron chi connectivity index (χ0n) is 26.6. The molecular weight excluding hydrogens is 608 g/mol. The number of anilines is 5. The molecule has 0 aliphatic rings. The summed E-state index contributed by atoms with van der Waals surface area (Å²) >= 11 is 1.25. The molecule has 46 heavy (non-hydrogen) atoms. The van der Waals surface area contributed by atoms with Crippen molar-refractivity contribution in [2.24, 2.45) is 17.3 Å². The Morgan fingerprint density at radius 1 is 0.957 bits per heavy atom. The zero-order valence-corrected chi connectivity index (χ0v) is 27.4. The maximum absolute atomic E-state index is 12.6. The second kappa shape index (κ2) is 15.4. The first-order valence-electron chi connectivity index (χ1n) is 14.6. The average molecular weight is 648 g/mol.